The van der Waals surface area contributed by atoms with Crippen LogP contribution in [0.4, 0.5) is 0 Å². The van der Waals surface area contributed by atoms with Gasteiger partial charge < -0.3 is 15.1 Å². The van der Waals surface area contributed by atoms with Crippen molar-refractivity contribution < 1.29 is 24.6 Å². The summed E-state index contributed by atoms with van der Waals surface area (Å²) in [6.07, 6.45) is 0.916. The highest BCUT2D eigenvalue weighted by molar-refractivity contribution is 5.82. The number of carbonyl (C=O) groups is 3. The van der Waals surface area contributed by atoms with Gasteiger partial charge in [-0.1, -0.05) is 6.92 Å². The van der Waals surface area contributed by atoms with E-state index in [0.29, 0.717) is 19.3 Å². The number of amides is 1. The summed E-state index contributed by atoms with van der Waals surface area (Å²) in [5.74, 6) is -2.32. The Morgan fingerprint density at radius 3 is 1.87 bits per heavy atom. The third-order valence-corrected chi connectivity index (χ3v) is 2.66. The molecule has 6 heteroatoms. The van der Waals surface area contributed by atoms with Crippen LogP contribution in [0.3, 0.4) is 0 Å². The highest BCUT2D eigenvalue weighted by atomic mass is 16.4. The van der Waals surface area contributed by atoms with Gasteiger partial charge in [0, 0.05) is 0 Å². The summed E-state index contributed by atoms with van der Waals surface area (Å²) in [6.45, 7) is 1.79. The maximum atomic E-state index is 10.8. The van der Waals surface area contributed by atoms with E-state index in [2.05, 4.69) is 0 Å². The van der Waals surface area contributed by atoms with Gasteiger partial charge in [-0.15, -0.1) is 0 Å². The molecule has 2 N–H and O–H groups in total. The number of carboxylic acid groups (broad SMARTS) is 2. The van der Waals surface area contributed by atoms with E-state index in [4.69, 9.17) is 10.2 Å². The van der Waals surface area contributed by atoms with Gasteiger partial charge in [0.1, 0.15) is 12.1 Å². The third-order valence-electron chi connectivity index (χ3n) is 2.66. The van der Waals surface area contributed by atoms with Crippen LogP contribution in [0.5, 0.6) is 0 Å². The van der Waals surface area contributed by atoms with Crippen LogP contribution in [0.15, 0.2) is 0 Å². The lowest BCUT2D eigenvalue weighted by atomic mass is 9.87. The van der Waals surface area contributed by atoms with Crippen LogP contribution in [-0.2, 0) is 14.4 Å². The van der Waals surface area contributed by atoms with Gasteiger partial charge in [0.05, 0.1) is 0 Å². The molecular formula is C9H13NO5. The van der Waals surface area contributed by atoms with Crippen LogP contribution < -0.4 is 0 Å². The van der Waals surface area contributed by atoms with Gasteiger partial charge in [-0.2, -0.15) is 0 Å². The molecule has 1 rings (SSSR count). The summed E-state index contributed by atoms with van der Waals surface area (Å²) in [6, 6.07) is -2.04. The predicted octanol–water partition coefficient (Wildman–Crippen LogP) is -0.219. The first-order valence-corrected chi connectivity index (χ1v) is 4.65. The number of rotatable bonds is 3. The Bertz CT molecular complexity index is 266. The smallest absolute Gasteiger partial charge is 0.326 e. The Balaban J connectivity index is 2.93. The third kappa shape index (κ3) is 2.26. The standard InChI is InChI=1S/C9H13NO5/c1-5-2-6(8(12)13)10(4-11)7(3-5)9(14)15/h4-7H,2-3H2,1H3,(H,12,13)(H,14,15). The van der Waals surface area contributed by atoms with Crippen molar-refractivity contribution in [1.82, 2.24) is 4.90 Å². The van der Waals surface area contributed by atoms with Crippen molar-refractivity contribution in [3.05, 3.63) is 0 Å². The van der Waals surface area contributed by atoms with Crippen molar-refractivity contribution in [2.24, 2.45) is 5.92 Å². The van der Waals surface area contributed by atoms with Gasteiger partial charge in [-0.25, -0.2) is 9.59 Å². The summed E-state index contributed by atoms with van der Waals surface area (Å²) < 4.78 is 0. The van der Waals surface area contributed by atoms with E-state index in [1.807, 2.05) is 0 Å². The Hall–Kier alpha value is -1.59. The summed E-state index contributed by atoms with van der Waals surface area (Å²) in [5.41, 5.74) is 0. The maximum Gasteiger partial charge on any atom is 0.326 e. The molecule has 0 aromatic heterocycles. The molecule has 1 amide bonds. The molecule has 0 bridgehead atoms. The van der Waals surface area contributed by atoms with Crippen LogP contribution in [0, 0.1) is 5.92 Å². The zero-order valence-corrected chi connectivity index (χ0v) is 8.29. The average molecular weight is 215 g/mol. The molecule has 15 heavy (non-hydrogen) atoms. The van der Waals surface area contributed by atoms with Gasteiger partial charge >= 0.3 is 11.9 Å². The topological polar surface area (TPSA) is 94.9 Å². The van der Waals surface area contributed by atoms with Crippen LogP contribution in [0.25, 0.3) is 0 Å². The van der Waals surface area contributed by atoms with Crippen molar-refractivity contribution >= 4 is 18.3 Å². The van der Waals surface area contributed by atoms with Crippen LogP contribution >= 0.6 is 0 Å². The molecule has 2 unspecified atom stereocenters. The number of carboxylic acids is 2. The van der Waals surface area contributed by atoms with E-state index in [1.54, 1.807) is 6.92 Å². The fourth-order valence-corrected chi connectivity index (χ4v) is 1.92. The number of hydrogen-bond acceptors (Lipinski definition) is 3. The second-order valence-corrected chi connectivity index (χ2v) is 3.84. The van der Waals surface area contributed by atoms with Crippen molar-refractivity contribution in [2.45, 2.75) is 31.8 Å². The van der Waals surface area contributed by atoms with Gasteiger partial charge in [-0.05, 0) is 18.8 Å². The molecule has 1 aliphatic heterocycles. The number of aliphatic carboxylic acids is 2. The summed E-state index contributed by atoms with van der Waals surface area (Å²) in [7, 11) is 0. The van der Waals surface area contributed by atoms with Crippen LogP contribution in [-0.4, -0.2) is 45.5 Å². The molecule has 1 saturated heterocycles. The molecule has 0 aromatic rings. The number of piperidine rings is 1. The summed E-state index contributed by atoms with van der Waals surface area (Å²) in [5, 5.41) is 17.7. The average Bonchev–Trinajstić information content (AvgIpc) is 2.16. The monoisotopic (exact) mass is 215 g/mol. The molecule has 0 saturated carbocycles. The minimum Gasteiger partial charge on any atom is -0.480 e. The van der Waals surface area contributed by atoms with Gasteiger partial charge in [-0.3, -0.25) is 4.79 Å². The Kier molecular flexibility index (Phi) is 3.28. The first-order valence-electron chi connectivity index (χ1n) is 4.65. The molecular weight excluding hydrogens is 202 g/mol. The Morgan fingerprint density at radius 2 is 1.60 bits per heavy atom. The van der Waals surface area contributed by atoms with Crippen molar-refractivity contribution in [3.8, 4) is 0 Å². The highest BCUT2D eigenvalue weighted by Gasteiger charge is 2.40. The lowest BCUT2D eigenvalue weighted by Gasteiger charge is -2.37. The van der Waals surface area contributed by atoms with Gasteiger partial charge in [0.2, 0.25) is 6.41 Å². The second-order valence-electron chi connectivity index (χ2n) is 3.84. The first-order chi connectivity index (χ1) is 6.97. The maximum absolute atomic E-state index is 10.8. The fraction of sp³-hybridized carbons (Fsp3) is 0.667. The zero-order chi connectivity index (χ0) is 11.6. The van der Waals surface area contributed by atoms with E-state index < -0.39 is 24.0 Å². The number of carbonyl (C=O) groups excluding carboxylic acids is 1. The van der Waals surface area contributed by atoms with Crippen molar-refractivity contribution in [1.29, 1.82) is 0 Å². The molecule has 0 spiro atoms. The van der Waals surface area contributed by atoms with E-state index in [-0.39, 0.29) is 5.92 Å². The molecule has 84 valence electrons. The number of hydrogen-bond donors (Lipinski definition) is 2. The first kappa shape index (κ1) is 11.5. The van der Waals surface area contributed by atoms with Crippen molar-refractivity contribution in [2.75, 3.05) is 0 Å². The molecule has 1 aliphatic rings. The van der Waals surface area contributed by atoms with E-state index in [1.165, 1.54) is 0 Å². The van der Waals surface area contributed by atoms with E-state index in [0.717, 1.165) is 4.90 Å². The molecule has 6 nitrogen and oxygen atoms in total. The molecule has 2 atom stereocenters. The molecule has 0 radical (unpaired) electrons. The largest absolute Gasteiger partial charge is 0.480 e. The molecule has 0 aliphatic carbocycles. The predicted molar refractivity (Wildman–Crippen MR) is 49.1 cm³/mol. The molecule has 0 aromatic carbocycles. The second kappa shape index (κ2) is 4.29. The van der Waals surface area contributed by atoms with Gasteiger partial charge in [0.25, 0.3) is 0 Å². The van der Waals surface area contributed by atoms with E-state index in [9.17, 15) is 14.4 Å². The minimum absolute atomic E-state index is 0.0107. The van der Waals surface area contributed by atoms with Crippen LogP contribution in [0.1, 0.15) is 19.8 Å². The Morgan fingerprint density at radius 1 is 1.20 bits per heavy atom. The summed E-state index contributed by atoms with van der Waals surface area (Å²) >= 11 is 0. The highest BCUT2D eigenvalue weighted by Crippen LogP contribution is 2.26. The Labute approximate surface area is 86.5 Å². The molecule has 1 heterocycles. The van der Waals surface area contributed by atoms with Crippen LogP contribution in [0.2, 0.25) is 0 Å². The lowest BCUT2D eigenvalue weighted by Crippen LogP contribution is -2.54. The SMILES string of the molecule is CC1CC(C(=O)O)N(C=O)C(C(=O)O)C1. The summed E-state index contributed by atoms with van der Waals surface area (Å²) in [4.78, 5) is 33.3. The lowest BCUT2D eigenvalue weighted by molar-refractivity contribution is -0.159. The molecule has 1 fully saturated rings. The normalized spacial score (nSPS) is 31.0. The van der Waals surface area contributed by atoms with Crippen molar-refractivity contribution in [3.63, 3.8) is 0 Å². The number of likely N-dealkylation sites (tertiary alicyclic amines) is 1. The fourth-order valence-electron chi connectivity index (χ4n) is 1.92. The minimum atomic E-state index is -1.15. The zero-order valence-electron chi connectivity index (χ0n) is 8.29. The van der Waals surface area contributed by atoms with Gasteiger partial charge in [0.15, 0.2) is 0 Å². The van der Waals surface area contributed by atoms with E-state index >= 15 is 0 Å². The quantitative estimate of drug-likeness (QED) is 0.635. The number of nitrogens with zero attached hydrogens (tertiary/aromatic N) is 1.